The number of rotatable bonds is 6. The van der Waals surface area contributed by atoms with E-state index in [-0.39, 0.29) is 6.04 Å². The van der Waals surface area contributed by atoms with Crippen LogP contribution in [-0.4, -0.2) is 21.0 Å². The molecule has 4 heterocycles. The second kappa shape index (κ2) is 17.8. The first-order valence-electron chi connectivity index (χ1n) is 25.3. The van der Waals surface area contributed by atoms with Gasteiger partial charge in [-0.2, -0.15) is 0 Å². The number of allylic oxidation sites excluding steroid dienone is 3. The predicted octanol–water partition coefficient (Wildman–Crippen LogP) is 18.2. The van der Waals surface area contributed by atoms with Crippen LogP contribution in [0.15, 0.2) is 266 Å². The van der Waals surface area contributed by atoms with Gasteiger partial charge in [0.1, 0.15) is 5.84 Å². The van der Waals surface area contributed by atoms with Gasteiger partial charge in [-0.25, -0.2) is 4.99 Å². The monoisotopic (exact) mass is 964 g/mol. The summed E-state index contributed by atoms with van der Waals surface area (Å²) in [7, 11) is 0. The number of para-hydroxylation sites is 2. The molecule has 350 valence electrons. The fourth-order valence-corrected chi connectivity index (χ4v) is 12.6. The minimum Gasteiger partial charge on any atom is -0.359 e. The lowest BCUT2D eigenvalue weighted by molar-refractivity contribution is 0.830. The van der Waals surface area contributed by atoms with E-state index >= 15 is 0 Å². The van der Waals surface area contributed by atoms with E-state index in [0.29, 0.717) is 0 Å². The third kappa shape index (κ3) is 7.15. The molecule has 13 aromatic rings. The molecule has 1 aliphatic heterocycles. The number of thiophene rings is 1. The molecule has 4 nitrogen and oxygen atoms in total. The van der Waals surface area contributed by atoms with E-state index in [4.69, 9.17) is 4.99 Å². The van der Waals surface area contributed by atoms with Crippen LogP contribution in [0.2, 0.25) is 0 Å². The van der Waals surface area contributed by atoms with Crippen molar-refractivity contribution in [2.45, 2.75) is 13.0 Å². The van der Waals surface area contributed by atoms with Crippen LogP contribution in [0.5, 0.6) is 0 Å². The Hall–Kier alpha value is -9.29. The Morgan fingerprint density at radius 2 is 1.05 bits per heavy atom. The largest absolute Gasteiger partial charge is 0.359 e. The first-order chi connectivity index (χ1) is 36.6. The van der Waals surface area contributed by atoms with Crippen molar-refractivity contribution < 1.29 is 0 Å². The van der Waals surface area contributed by atoms with Crippen molar-refractivity contribution in [3.05, 3.63) is 272 Å². The zero-order chi connectivity index (χ0) is 49.3. The maximum absolute atomic E-state index is 5.35. The van der Waals surface area contributed by atoms with Gasteiger partial charge in [0.15, 0.2) is 0 Å². The fourth-order valence-electron chi connectivity index (χ4n) is 11.3. The molecule has 0 amide bonds. The van der Waals surface area contributed by atoms with Gasteiger partial charge in [-0.05, 0) is 125 Å². The smallest absolute Gasteiger partial charge is 0.134 e. The number of fused-ring (bicyclic) bond motifs is 12. The summed E-state index contributed by atoms with van der Waals surface area (Å²) in [6.07, 6.45) is 10.4. The van der Waals surface area contributed by atoms with Crippen molar-refractivity contribution in [1.82, 2.24) is 14.5 Å². The Balaban J connectivity index is 0.00000164. The molecular weight excluding hydrogens is 917 g/mol. The molecule has 0 spiro atoms. The van der Waals surface area contributed by atoms with E-state index in [9.17, 15) is 0 Å². The van der Waals surface area contributed by atoms with Gasteiger partial charge < -0.3 is 14.5 Å². The molecule has 1 unspecified atom stereocenters. The molecule has 0 fully saturated rings. The number of hydrogen-bond acceptors (Lipinski definition) is 3. The van der Waals surface area contributed by atoms with Gasteiger partial charge in [-0.1, -0.05) is 164 Å². The van der Waals surface area contributed by atoms with Crippen molar-refractivity contribution in [1.29, 1.82) is 0 Å². The van der Waals surface area contributed by atoms with E-state index in [1.54, 1.807) is 6.08 Å². The average molecular weight is 965 g/mol. The third-order valence-corrected chi connectivity index (χ3v) is 16.0. The molecule has 2 aliphatic rings. The molecule has 10 aromatic carbocycles. The number of benzene rings is 10. The van der Waals surface area contributed by atoms with Crippen LogP contribution >= 0.6 is 11.3 Å². The number of nitrogens with one attached hydrogen (secondary N) is 1. The van der Waals surface area contributed by atoms with Crippen molar-refractivity contribution in [2.24, 2.45) is 4.99 Å². The highest BCUT2D eigenvalue weighted by Gasteiger charge is 2.25. The Labute approximate surface area is 433 Å². The van der Waals surface area contributed by atoms with E-state index < -0.39 is 0 Å². The number of amidine groups is 1. The van der Waals surface area contributed by atoms with Crippen LogP contribution < -0.4 is 5.32 Å². The highest BCUT2D eigenvalue weighted by atomic mass is 32.1. The normalized spacial score (nSPS) is 14.2. The van der Waals surface area contributed by atoms with Gasteiger partial charge in [-0.15, -0.1) is 17.9 Å². The van der Waals surface area contributed by atoms with Crippen molar-refractivity contribution in [2.75, 3.05) is 0 Å². The zero-order valence-corrected chi connectivity index (χ0v) is 41.5. The van der Waals surface area contributed by atoms with Crippen LogP contribution in [0.1, 0.15) is 18.1 Å². The van der Waals surface area contributed by atoms with Gasteiger partial charge in [-0.3, -0.25) is 0 Å². The van der Waals surface area contributed by atoms with Gasteiger partial charge in [0, 0.05) is 69.8 Å². The molecule has 0 radical (unpaired) electrons. The van der Waals surface area contributed by atoms with Crippen LogP contribution in [0.25, 0.3) is 114 Å². The molecule has 15 rings (SSSR count). The van der Waals surface area contributed by atoms with Gasteiger partial charge in [0.2, 0.25) is 0 Å². The van der Waals surface area contributed by atoms with Crippen LogP contribution in [0.3, 0.4) is 0 Å². The Kier molecular flexibility index (Phi) is 10.4. The Morgan fingerprint density at radius 1 is 0.473 bits per heavy atom. The van der Waals surface area contributed by atoms with Crippen LogP contribution in [-0.2, 0) is 0 Å². The van der Waals surface area contributed by atoms with Gasteiger partial charge in [0.05, 0.1) is 33.8 Å². The van der Waals surface area contributed by atoms with E-state index in [1.807, 2.05) is 18.3 Å². The molecule has 0 saturated heterocycles. The number of hydrogen-bond donors (Lipinski definition) is 1. The molecule has 74 heavy (non-hydrogen) atoms. The van der Waals surface area contributed by atoms with Crippen molar-refractivity contribution >= 4 is 97.4 Å². The Bertz CT molecular complexity index is 4520. The molecule has 0 bridgehead atoms. The summed E-state index contributed by atoms with van der Waals surface area (Å²) < 4.78 is 7.49. The minimum atomic E-state index is 0.0221. The summed E-state index contributed by atoms with van der Waals surface area (Å²) in [5.74, 6) is 0.864. The number of nitrogens with zero attached hydrogens (tertiary/aromatic N) is 3. The summed E-state index contributed by atoms with van der Waals surface area (Å²) >= 11 is 1.90. The zero-order valence-electron chi connectivity index (χ0n) is 40.7. The maximum Gasteiger partial charge on any atom is 0.134 e. The lowest BCUT2D eigenvalue weighted by Gasteiger charge is -2.28. The summed E-state index contributed by atoms with van der Waals surface area (Å²) in [5, 5.41) is 13.9. The number of aliphatic imine (C=N–C) groups is 1. The van der Waals surface area contributed by atoms with E-state index in [1.165, 1.54) is 108 Å². The average Bonchev–Trinajstić information content (AvgIpc) is 4.12. The topological polar surface area (TPSA) is 34.2 Å². The number of aromatic nitrogens is 2. The van der Waals surface area contributed by atoms with Crippen LogP contribution in [0.4, 0.5) is 0 Å². The van der Waals surface area contributed by atoms with Crippen LogP contribution in [0, 0.1) is 0 Å². The standard InChI is InChI=1S/C66H42N4S.C3H6/c1-2-14-49(15-3-1)70-60-36-31-48(40-56(60)63-61(70)37-34-53-52-17-8-11-21-62(52)71-65(53)63)47-30-35-59-55(39-47)51-16-7-10-20-58(51)69(59)50-32-28-44(29-33-50)66-67-57-19-9-6-18-54(57)64(68-66)43-25-22-42(23-26-43)46-27-24-41-12-4-5-13-45(41)38-46;1-3-2/h1-40,57H,(H,67,68);3H,1H2,2H3. The Morgan fingerprint density at radius 3 is 1.86 bits per heavy atom. The molecule has 1 aliphatic carbocycles. The van der Waals surface area contributed by atoms with Gasteiger partial charge in [0.25, 0.3) is 0 Å². The van der Waals surface area contributed by atoms with E-state index in [0.717, 1.165) is 28.3 Å². The van der Waals surface area contributed by atoms with Crippen molar-refractivity contribution in [3.63, 3.8) is 0 Å². The lowest BCUT2D eigenvalue weighted by atomic mass is 9.93. The molecule has 5 heteroatoms. The highest BCUT2D eigenvalue weighted by molar-refractivity contribution is 7.26. The van der Waals surface area contributed by atoms with Gasteiger partial charge >= 0.3 is 0 Å². The molecule has 1 atom stereocenters. The second-order valence-corrected chi connectivity index (χ2v) is 20.2. The molecular formula is C69H48N4S. The van der Waals surface area contributed by atoms with Crippen molar-refractivity contribution in [3.8, 4) is 33.6 Å². The lowest BCUT2D eigenvalue weighted by Crippen LogP contribution is -2.39. The SMILES string of the molecule is C1=CC2=C(c3ccc(-c4ccc5ccccc5c4)cc3)N=C(c3ccc(-n4c5ccccc5c5cc(-c6ccc7c(c6)c6c8sc9ccccc9c8ccc6n7-c6ccccc6)ccc54)cc3)NC2C=C1.C=CC. The minimum absolute atomic E-state index is 0.0221. The quantitative estimate of drug-likeness (QED) is 0.166. The predicted molar refractivity (Wildman–Crippen MR) is 317 cm³/mol. The summed E-state index contributed by atoms with van der Waals surface area (Å²) in [6, 6.07) is 80.0. The molecule has 1 N–H and O–H groups in total. The van der Waals surface area contributed by atoms with E-state index in [2.05, 4.69) is 264 Å². The highest BCUT2D eigenvalue weighted by Crippen LogP contribution is 2.45. The third-order valence-electron chi connectivity index (χ3n) is 14.7. The molecule has 0 saturated carbocycles. The summed E-state index contributed by atoms with van der Waals surface area (Å²) in [5.41, 5.74) is 16.2. The maximum atomic E-state index is 5.35. The first-order valence-corrected chi connectivity index (χ1v) is 26.1. The molecule has 3 aromatic heterocycles. The second-order valence-electron chi connectivity index (χ2n) is 19.1. The first kappa shape index (κ1) is 43.5. The summed E-state index contributed by atoms with van der Waals surface area (Å²) in [4.78, 5) is 5.35. The summed E-state index contributed by atoms with van der Waals surface area (Å²) in [6.45, 7) is 5.25. The fraction of sp³-hybridized carbons (Fsp3) is 0.0290.